The van der Waals surface area contributed by atoms with E-state index in [1.165, 1.54) is 18.0 Å². The van der Waals surface area contributed by atoms with Crippen molar-refractivity contribution in [1.82, 2.24) is 14.9 Å². The Balaban J connectivity index is 1.99. The second-order valence-electron chi connectivity index (χ2n) is 5.16. The Labute approximate surface area is 113 Å². The maximum atomic E-state index is 13.1. The first-order chi connectivity index (χ1) is 9.15. The fourth-order valence-electron chi connectivity index (χ4n) is 1.99. The van der Waals surface area contributed by atoms with Gasteiger partial charge in [-0.2, -0.15) is 0 Å². The summed E-state index contributed by atoms with van der Waals surface area (Å²) in [5.74, 6) is 0.347. The lowest BCUT2D eigenvalue weighted by Gasteiger charge is -2.11. The van der Waals surface area contributed by atoms with Crippen LogP contribution in [-0.4, -0.2) is 16.1 Å². The number of nitrogens with one attached hydrogen (secondary N) is 1. The van der Waals surface area contributed by atoms with Gasteiger partial charge < -0.3 is 9.88 Å². The number of rotatable bonds is 6. The van der Waals surface area contributed by atoms with Crippen molar-refractivity contribution in [1.29, 1.82) is 0 Å². The van der Waals surface area contributed by atoms with Crippen molar-refractivity contribution >= 4 is 0 Å². The van der Waals surface area contributed by atoms with Gasteiger partial charge >= 0.3 is 0 Å². The van der Waals surface area contributed by atoms with Crippen LogP contribution >= 0.6 is 0 Å². The third-order valence-electron chi connectivity index (χ3n) is 2.90. The summed E-state index contributed by atoms with van der Waals surface area (Å²) in [5, 5.41) is 3.41. The SMILES string of the molecule is CC(C)CNCc1cccn1Cc1cncc(F)c1. The topological polar surface area (TPSA) is 29.9 Å². The molecule has 0 saturated heterocycles. The molecule has 0 saturated carbocycles. The fourth-order valence-corrected chi connectivity index (χ4v) is 1.99. The van der Waals surface area contributed by atoms with Crippen LogP contribution in [0.1, 0.15) is 25.1 Å². The molecular formula is C15H20FN3. The van der Waals surface area contributed by atoms with Gasteiger partial charge in [0.25, 0.3) is 0 Å². The first-order valence-corrected chi connectivity index (χ1v) is 6.59. The zero-order chi connectivity index (χ0) is 13.7. The largest absolute Gasteiger partial charge is 0.346 e. The van der Waals surface area contributed by atoms with E-state index in [1.807, 2.05) is 12.3 Å². The summed E-state index contributed by atoms with van der Waals surface area (Å²) in [6.45, 7) is 6.84. The summed E-state index contributed by atoms with van der Waals surface area (Å²) in [6.07, 6.45) is 4.94. The van der Waals surface area contributed by atoms with E-state index in [9.17, 15) is 4.39 Å². The van der Waals surface area contributed by atoms with E-state index in [0.29, 0.717) is 12.5 Å². The Morgan fingerprint density at radius 3 is 2.95 bits per heavy atom. The molecule has 2 heterocycles. The molecule has 0 unspecified atom stereocenters. The summed E-state index contributed by atoms with van der Waals surface area (Å²) in [7, 11) is 0. The summed E-state index contributed by atoms with van der Waals surface area (Å²) >= 11 is 0. The van der Waals surface area contributed by atoms with Gasteiger partial charge in [-0.15, -0.1) is 0 Å². The van der Waals surface area contributed by atoms with E-state index in [1.54, 1.807) is 6.20 Å². The monoisotopic (exact) mass is 261 g/mol. The summed E-state index contributed by atoms with van der Waals surface area (Å²) in [6, 6.07) is 5.62. The first kappa shape index (κ1) is 13.7. The molecule has 4 heteroatoms. The minimum absolute atomic E-state index is 0.288. The number of hydrogen-bond acceptors (Lipinski definition) is 2. The highest BCUT2D eigenvalue weighted by Crippen LogP contribution is 2.08. The predicted molar refractivity (Wildman–Crippen MR) is 74.3 cm³/mol. The number of hydrogen-bond donors (Lipinski definition) is 1. The molecule has 0 aliphatic heterocycles. The molecule has 1 N–H and O–H groups in total. The van der Waals surface area contributed by atoms with Crippen LogP contribution in [0.5, 0.6) is 0 Å². The maximum absolute atomic E-state index is 13.1. The Morgan fingerprint density at radius 2 is 2.21 bits per heavy atom. The van der Waals surface area contributed by atoms with Crippen molar-refractivity contribution in [3.63, 3.8) is 0 Å². The third-order valence-corrected chi connectivity index (χ3v) is 2.90. The molecule has 0 radical (unpaired) electrons. The average Bonchev–Trinajstić information content (AvgIpc) is 2.76. The van der Waals surface area contributed by atoms with Crippen LogP contribution in [0.25, 0.3) is 0 Å². The fraction of sp³-hybridized carbons (Fsp3) is 0.400. The van der Waals surface area contributed by atoms with E-state index >= 15 is 0 Å². The molecule has 2 aromatic rings. The minimum Gasteiger partial charge on any atom is -0.346 e. The number of halogens is 1. The minimum atomic E-state index is -0.288. The smallest absolute Gasteiger partial charge is 0.141 e. The van der Waals surface area contributed by atoms with Gasteiger partial charge in [-0.05, 0) is 36.2 Å². The van der Waals surface area contributed by atoms with Crippen LogP contribution in [-0.2, 0) is 13.1 Å². The molecule has 0 aliphatic rings. The van der Waals surface area contributed by atoms with Gasteiger partial charge in [-0.1, -0.05) is 13.8 Å². The second kappa shape index (κ2) is 6.48. The van der Waals surface area contributed by atoms with Gasteiger partial charge in [-0.25, -0.2) is 4.39 Å². The molecular weight excluding hydrogens is 241 g/mol. The highest BCUT2D eigenvalue weighted by molar-refractivity contribution is 5.14. The quantitative estimate of drug-likeness (QED) is 0.866. The Morgan fingerprint density at radius 1 is 1.37 bits per heavy atom. The van der Waals surface area contributed by atoms with Crippen molar-refractivity contribution in [3.8, 4) is 0 Å². The van der Waals surface area contributed by atoms with E-state index in [0.717, 1.165) is 18.7 Å². The molecule has 2 aromatic heterocycles. The molecule has 0 aromatic carbocycles. The second-order valence-corrected chi connectivity index (χ2v) is 5.16. The standard InChI is InChI=1S/C15H20FN3/c1-12(2)7-17-10-15-4-3-5-19(15)11-13-6-14(16)9-18-8-13/h3-6,8-9,12,17H,7,10-11H2,1-2H3. The van der Waals surface area contributed by atoms with E-state index < -0.39 is 0 Å². The Bertz CT molecular complexity index is 520. The average molecular weight is 261 g/mol. The van der Waals surface area contributed by atoms with E-state index in [2.05, 4.69) is 34.8 Å². The lowest BCUT2D eigenvalue weighted by Crippen LogP contribution is -2.20. The number of nitrogens with zero attached hydrogens (tertiary/aromatic N) is 2. The van der Waals surface area contributed by atoms with Crippen LogP contribution in [0.4, 0.5) is 4.39 Å². The molecule has 0 spiro atoms. The van der Waals surface area contributed by atoms with Crippen LogP contribution in [0, 0.1) is 11.7 Å². The molecule has 0 bridgehead atoms. The Kier molecular flexibility index (Phi) is 4.68. The van der Waals surface area contributed by atoms with E-state index in [-0.39, 0.29) is 5.82 Å². The van der Waals surface area contributed by atoms with Crippen LogP contribution in [0.2, 0.25) is 0 Å². The lowest BCUT2D eigenvalue weighted by molar-refractivity contribution is 0.538. The molecule has 102 valence electrons. The summed E-state index contributed by atoms with van der Waals surface area (Å²) < 4.78 is 15.2. The summed E-state index contributed by atoms with van der Waals surface area (Å²) in [5.41, 5.74) is 2.08. The normalized spacial score (nSPS) is 11.2. The van der Waals surface area contributed by atoms with Crippen LogP contribution in [0.3, 0.4) is 0 Å². The van der Waals surface area contributed by atoms with Crippen molar-refractivity contribution in [2.24, 2.45) is 5.92 Å². The molecule has 2 rings (SSSR count). The third kappa shape index (κ3) is 4.17. The van der Waals surface area contributed by atoms with Crippen molar-refractivity contribution in [2.75, 3.05) is 6.54 Å². The van der Waals surface area contributed by atoms with Gasteiger partial charge in [0.05, 0.1) is 6.20 Å². The molecule has 0 amide bonds. The maximum Gasteiger partial charge on any atom is 0.141 e. The first-order valence-electron chi connectivity index (χ1n) is 6.59. The van der Waals surface area contributed by atoms with Crippen molar-refractivity contribution < 1.29 is 4.39 Å². The molecule has 0 fully saturated rings. The van der Waals surface area contributed by atoms with E-state index in [4.69, 9.17) is 0 Å². The number of pyridine rings is 1. The van der Waals surface area contributed by atoms with Gasteiger partial charge in [0.2, 0.25) is 0 Å². The van der Waals surface area contributed by atoms with Gasteiger partial charge in [0.15, 0.2) is 0 Å². The van der Waals surface area contributed by atoms with Gasteiger partial charge in [-0.3, -0.25) is 4.98 Å². The zero-order valence-corrected chi connectivity index (χ0v) is 11.4. The van der Waals surface area contributed by atoms with Crippen molar-refractivity contribution in [2.45, 2.75) is 26.9 Å². The molecule has 3 nitrogen and oxygen atoms in total. The van der Waals surface area contributed by atoms with Crippen molar-refractivity contribution in [3.05, 3.63) is 53.9 Å². The zero-order valence-electron chi connectivity index (χ0n) is 11.4. The lowest BCUT2D eigenvalue weighted by atomic mass is 10.2. The van der Waals surface area contributed by atoms with Gasteiger partial charge in [0, 0.05) is 31.2 Å². The van der Waals surface area contributed by atoms with Crippen LogP contribution < -0.4 is 5.32 Å². The van der Waals surface area contributed by atoms with Crippen LogP contribution in [0.15, 0.2) is 36.8 Å². The highest BCUT2D eigenvalue weighted by atomic mass is 19.1. The highest BCUT2D eigenvalue weighted by Gasteiger charge is 2.03. The molecule has 0 aliphatic carbocycles. The molecule has 19 heavy (non-hydrogen) atoms. The van der Waals surface area contributed by atoms with Gasteiger partial charge in [0.1, 0.15) is 5.82 Å². The summed E-state index contributed by atoms with van der Waals surface area (Å²) in [4.78, 5) is 3.88. The Hall–Kier alpha value is -1.68. The molecule has 0 atom stereocenters. The number of aromatic nitrogens is 2. The predicted octanol–water partition coefficient (Wildman–Crippen LogP) is 2.82.